The second-order valence-electron chi connectivity index (χ2n) is 5.83. The summed E-state index contributed by atoms with van der Waals surface area (Å²) in [5, 5.41) is 16.1. The van der Waals surface area contributed by atoms with Crippen LogP contribution in [0.1, 0.15) is 42.0 Å². The van der Waals surface area contributed by atoms with Crippen LogP contribution in [0.15, 0.2) is 4.52 Å². The summed E-state index contributed by atoms with van der Waals surface area (Å²) in [7, 11) is 0. The van der Waals surface area contributed by atoms with Crippen LogP contribution in [0.25, 0.3) is 0 Å². The molecule has 0 bridgehead atoms. The third-order valence-electron chi connectivity index (χ3n) is 4.35. The normalized spacial score (nSPS) is 18.0. The van der Waals surface area contributed by atoms with E-state index in [2.05, 4.69) is 32.2 Å². The molecule has 1 N–H and O–H groups in total. The maximum atomic E-state index is 5.19. The van der Waals surface area contributed by atoms with Crippen LogP contribution in [0.4, 0.5) is 0 Å². The van der Waals surface area contributed by atoms with Gasteiger partial charge in [-0.3, -0.25) is 0 Å². The Balaban J connectivity index is 1.55. The molecule has 0 unspecified atom stereocenters. The zero-order chi connectivity index (χ0) is 14.8. The van der Waals surface area contributed by atoms with Crippen molar-refractivity contribution in [1.29, 1.82) is 0 Å². The van der Waals surface area contributed by atoms with Gasteiger partial charge in [-0.1, -0.05) is 12.1 Å². The van der Waals surface area contributed by atoms with Crippen molar-refractivity contribution < 1.29 is 4.52 Å². The summed E-state index contributed by atoms with van der Waals surface area (Å²) in [5.41, 5.74) is 2.17. The van der Waals surface area contributed by atoms with Crippen LogP contribution in [0, 0.1) is 19.8 Å². The molecule has 1 atom stereocenters. The van der Waals surface area contributed by atoms with E-state index in [1.807, 2.05) is 13.8 Å². The Kier molecular flexibility index (Phi) is 4.05. The van der Waals surface area contributed by atoms with Gasteiger partial charge in [0.05, 0.1) is 5.69 Å². The molecule has 6 heteroatoms. The third-order valence-corrected chi connectivity index (χ3v) is 4.35. The van der Waals surface area contributed by atoms with E-state index in [0.717, 1.165) is 55.6 Å². The summed E-state index contributed by atoms with van der Waals surface area (Å²) in [6.07, 6.45) is 3.16. The topological polar surface area (TPSA) is 68.8 Å². The van der Waals surface area contributed by atoms with E-state index in [1.165, 1.54) is 12.0 Å². The van der Waals surface area contributed by atoms with Gasteiger partial charge in [-0.15, -0.1) is 10.2 Å². The highest BCUT2D eigenvalue weighted by molar-refractivity contribution is 5.20. The predicted molar refractivity (Wildman–Crippen MR) is 78.9 cm³/mol. The van der Waals surface area contributed by atoms with E-state index < -0.39 is 0 Å². The van der Waals surface area contributed by atoms with Gasteiger partial charge < -0.3 is 14.4 Å². The molecule has 6 nitrogen and oxygen atoms in total. The fraction of sp³-hybridized carbons (Fsp3) is 0.667. The zero-order valence-corrected chi connectivity index (χ0v) is 13.0. The summed E-state index contributed by atoms with van der Waals surface area (Å²) in [4.78, 5) is 0. The van der Waals surface area contributed by atoms with Crippen LogP contribution in [0.2, 0.25) is 0 Å². The minimum atomic E-state index is 0.638. The quantitative estimate of drug-likeness (QED) is 0.909. The van der Waals surface area contributed by atoms with Gasteiger partial charge in [-0.05, 0) is 32.7 Å². The van der Waals surface area contributed by atoms with E-state index in [4.69, 9.17) is 4.52 Å². The Labute approximate surface area is 124 Å². The molecule has 2 aromatic heterocycles. The Morgan fingerprint density at radius 3 is 2.90 bits per heavy atom. The van der Waals surface area contributed by atoms with E-state index in [0.29, 0.717) is 5.92 Å². The molecule has 3 rings (SSSR count). The van der Waals surface area contributed by atoms with Crippen molar-refractivity contribution >= 4 is 0 Å². The molecule has 114 valence electrons. The summed E-state index contributed by atoms with van der Waals surface area (Å²) in [6, 6.07) is 0. The van der Waals surface area contributed by atoms with Crippen molar-refractivity contribution in [3.8, 4) is 0 Å². The lowest BCUT2D eigenvalue weighted by atomic mass is 9.99. The molecule has 3 heterocycles. The van der Waals surface area contributed by atoms with E-state index in [9.17, 15) is 0 Å². The van der Waals surface area contributed by atoms with Gasteiger partial charge in [-0.25, -0.2) is 0 Å². The third kappa shape index (κ3) is 2.85. The summed E-state index contributed by atoms with van der Waals surface area (Å²) in [5.74, 6) is 3.81. The van der Waals surface area contributed by atoms with Crippen LogP contribution >= 0.6 is 0 Å². The lowest BCUT2D eigenvalue weighted by Gasteiger charge is -2.24. The molecule has 0 fully saturated rings. The largest absolute Gasteiger partial charge is 0.361 e. The number of nitrogens with zero attached hydrogens (tertiary/aromatic N) is 4. The van der Waals surface area contributed by atoms with E-state index in [-0.39, 0.29) is 0 Å². The second kappa shape index (κ2) is 5.97. The molecule has 1 aliphatic heterocycles. The lowest BCUT2D eigenvalue weighted by molar-refractivity contribution is 0.342. The number of fused-ring (bicyclic) bond motifs is 1. The molecule has 0 spiro atoms. The molecular weight excluding hydrogens is 266 g/mol. The standard InChI is InChI=1S/C15H23N5O/c1-4-14-17-18-15-6-5-12(9-20(14)15)7-16-8-13-10(2)19-21-11(13)3/h12,16H,4-9H2,1-3H3/t12-/m0/s1. The van der Waals surface area contributed by atoms with Gasteiger partial charge in [0.15, 0.2) is 0 Å². The van der Waals surface area contributed by atoms with Crippen molar-refractivity contribution in [2.45, 2.75) is 53.1 Å². The van der Waals surface area contributed by atoms with Gasteiger partial charge in [0.25, 0.3) is 0 Å². The monoisotopic (exact) mass is 289 g/mol. The highest BCUT2D eigenvalue weighted by Crippen LogP contribution is 2.20. The first kappa shape index (κ1) is 14.3. The Bertz CT molecular complexity index is 583. The van der Waals surface area contributed by atoms with Crippen LogP contribution in [0.3, 0.4) is 0 Å². The van der Waals surface area contributed by atoms with Crippen molar-refractivity contribution in [1.82, 2.24) is 25.2 Å². The number of hydrogen-bond acceptors (Lipinski definition) is 5. The summed E-state index contributed by atoms with van der Waals surface area (Å²) in [6.45, 7) is 8.95. The molecule has 0 saturated carbocycles. The molecule has 0 radical (unpaired) electrons. The smallest absolute Gasteiger partial charge is 0.138 e. The SMILES string of the molecule is CCc1nnc2n1C[C@H](CNCc1c(C)noc1C)CC2. The van der Waals surface area contributed by atoms with Crippen LogP contribution < -0.4 is 5.32 Å². The first-order valence-electron chi connectivity index (χ1n) is 7.72. The van der Waals surface area contributed by atoms with Crippen LogP contribution in [-0.2, 0) is 25.9 Å². The first-order valence-corrected chi connectivity index (χ1v) is 7.72. The minimum absolute atomic E-state index is 0.638. The average molecular weight is 289 g/mol. The highest BCUT2D eigenvalue weighted by Gasteiger charge is 2.22. The minimum Gasteiger partial charge on any atom is -0.361 e. The molecule has 0 aromatic carbocycles. The number of hydrogen-bond donors (Lipinski definition) is 1. The Morgan fingerprint density at radius 2 is 2.19 bits per heavy atom. The van der Waals surface area contributed by atoms with Crippen molar-refractivity contribution in [2.24, 2.45) is 5.92 Å². The zero-order valence-electron chi connectivity index (χ0n) is 13.0. The van der Waals surface area contributed by atoms with E-state index >= 15 is 0 Å². The summed E-state index contributed by atoms with van der Waals surface area (Å²) >= 11 is 0. The van der Waals surface area contributed by atoms with Crippen LogP contribution in [0.5, 0.6) is 0 Å². The highest BCUT2D eigenvalue weighted by atomic mass is 16.5. The molecule has 0 saturated heterocycles. The number of rotatable bonds is 5. The molecule has 1 aliphatic rings. The van der Waals surface area contributed by atoms with Crippen LogP contribution in [-0.4, -0.2) is 26.5 Å². The number of aryl methyl sites for hydroxylation is 4. The molecule has 0 amide bonds. The van der Waals surface area contributed by atoms with Gasteiger partial charge >= 0.3 is 0 Å². The maximum absolute atomic E-state index is 5.19. The number of aromatic nitrogens is 4. The lowest BCUT2D eigenvalue weighted by Crippen LogP contribution is -2.30. The first-order chi connectivity index (χ1) is 10.2. The predicted octanol–water partition coefficient (Wildman–Crippen LogP) is 1.80. The van der Waals surface area contributed by atoms with Gasteiger partial charge in [0.2, 0.25) is 0 Å². The fourth-order valence-electron chi connectivity index (χ4n) is 3.03. The second-order valence-corrected chi connectivity index (χ2v) is 5.83. The van der Waals surface area contributed by atoms with Gasteiger partial charge in [0, 0.05) is 31.5 Å². The van der Waals surface area contributed by atoms with E-state index in [1.54, 1.807) is 0 Å². The molecule has 2 aromatic rings. The van der Waals surface area contributed by atoms with Crippen molar-refractivity contribution in [2.75, 3.05) is 6.54 Å². The average Bonchev–Trinajstić information content (AvgIpc) is 3.04. The fourth-order valence-corrected chi connectivity index (χ4v) is 3.03. The number of nitrogens with one attached hydrogen (secondary N) is 1. The van der Waals surface area contributed by atoms with Gasteiger partial charge in [-0.2, -0.15) is 0 Å². The Morgan fingerprint density at radius 1 is 1.33 bits per heavy atom. The van der Waals surface area contributed by atoms with Crippen molar-refractivity contribution in [3.63, 3.8) is 0 Å². The molecule has 0 aliphatic carbocycles. The summed E-state index contributed by atoms with van der Waals surface area (Å²) < 4.78 is 7.49. The molecule has 21 heavy (non-hydrogen) atoms. The maximum Gasteiger partial charge on any atom is 0.138 e. The Hall–Kier alpha value is -1.69. The molecular formula is C15H23N5O. The van der Waals surface area contributed by atoms with Crippen molar-refractivity contribution in [3.05, 3.63) is 28.7 Å². The van der Waals surface area contributed by atoms with Gasteiger partial charge in [0.1, 0.15) is 17.4 Å².